The highest BCUT2D eigenvalue weighted by Gasteiger charge is 2.22. The lowest BCUT2D eigenvalue weighted by Gasteiger charge is -2.29. The molecule has 2 aromatic rings. The molecule has 24 heavy (non-hydrogen) atoms. The number of carbonyl (C=O) groups is 2. The third kappa shape index (κ3) is 3.94. The fourth-order valence-corrected chi connectivity index (χ4v) is 3.38. The van der Waals surface area contributed by atoms with Crippen LogP contribution in [-0.2, 0) is 4.79 Å². The minimum absolute atomic E-state index is 0.0227. The largest absolute Gasteiger partial charge is 0.352 e. The first kappa shape index (κ1) is 16.5. The summed E-state index contributed by atoms with van der Waals surface area (Å²) in [6.45, 7) is 2.20. The number of nitrogens with one attached hydrogen (secondary N) is 2. The van der Waals surface area contributed by atoms with Gasteiger partial charge in [0.15, 0.2) is 0 Å². The van der Waals surface area contributed by atoms with Crippen LogP contribution in [-0.4, -0.2) is 24.4 Å². The number of amides is 2. The molecule has 1 aliphatic rings. The van der Waals surface area contributed by atoms with E-state index in [1.165, 1.54) is 12.8 Å². The molecule has 0 spiro atoms. The maximum absolute atomic E-state index is 12.3. The van der Waals surface area contributed by atoms with Crippen molar-refractivity contribution in [1.82, 2.24) is 10.6 Å². The first-order valence-corrected chi connectivity index (χ1v) is 8.70. The second-order valence-corrected chi connectivity index (χ2v) is 6.68. The molecule has 126 valence electrons. The highest BCUT2D eigenvalue weighted by Crippen LogP contribution is 2.23. The van der Waals surface area contributed by atoms with E-state index in [4.69, 9.17) is 0 Å². The number of hydrogen-bond acceptors (Lipinski definition) is 2. The standard InChI is InChI=1S/C20H24N2O2/c1-14-6-2-5-9-18(14)22-19(23)13-21-20(24)17-11-10-15-7-3-4-8-16(15)12-17/h3-4,7-8,10-12,14,18H,2,5-6,9,13H2,1H3,(H,21,24)(H,22,23)/t14-,18+/m0/s1. The molecule has 0 aromatic heterocycles. The number of carbonyl (C=O) groups excluding carboxylic acids is 2. The van der Waals surface area contributed by atoms with Gasteiger partial charge in [-0.1, -0.05) is 50.1 Å². The summed E-state index contributed by atoms with van der Waals surface area (Å²) in [6, 6.07) is 13.7. The normalized spacial score (nSPS) is 20.5. The minimum atomic E-state index is -0.215. The predicted molar refractivity (Wildman–Crippen MR) is 95.8 cm³/mol. The first-order valence-electron chi connectivity index (χ1n) is 8.70. The Morgan fingerprint density at radius 1 is 1.04 bits per heavy atom. The van der Waals surface area contributed by atoms with Gasteiger partial charge < -0.3 is 10.6 Å². The van der Waals surface area contributed by atoms with Crippen molar-refractivity contribution in [3.63, 3.8) is 0 Å². The summed E-state index contributed by atoms with van der Waals surface area (Å²) in [5.74, 6) is 0.189. The summed E-state index contributed by atoms with van der Waals surface area (Å²) in [5, 5.41) is 7.88. The van der Waals surface area contributed by atoms with Crippen LogP contribution >= 0.6 is 0 Å². The van der Waals surface area contributed by atoms with Gasteiger partial charge in [0.1, 0.15) is 0 Å². The van der Waals surface area contributed by atoms with Gasteiger partial charge in [-0.15, -0.1) is 0 Å². The van der Waals surface area contributed by atoms with Gasteiger partial charge in [0.2, 0.25) is 5.91 Å². The summed E-state index contributed by atoms with van der Waals surface area (Å²) in [7, 11) is 0. The molecule has 0 bridgehead atoms. The molecule has 1 fully saturated rings. The molecule has 2 atom stereocenters. The molecule has 0 aliphatic heterocycles. The Labute approximate surface area is 142 Å². The number of benzene rings is 2. The van der Waals surface area contributed by atoms with Crippen molar-refractivity contribution in [3.8, 4) is 0 Å². The Hall–Kier alpha value is -2.36. The lowest BCUT2D eigenvalue weighted by atomic mass is 9.86. The number of hydrogen-bond donors (Lipinski definition) is 2. The van der Waals surface area contributed by atoms with Crippen LogP contribution < -0.4 is 10.6 Å². The van der Waals surface area contributed by atoms with Gasteiger partial charge in [-0.25, -0.2) is 0 Å². The van der Waals surface area contributed by atoms with Crippen molar-refractivity contribution in [2.45, 2.75) is 38.6 Å². The van der Waals surface area contributed by atoms with Gasteiger partial charge >= 0.3 is 0 Å². The highest BCUT2D eigenvalue weighted by molar-refractivity contribution is 6.00. The second kappa shape index (κ2) is 7.47. The van der Waals surface area contributed by atoms with Crippen LogP contribution in [0.4, 0.5) is 0 Å². The molecule has 1 saturated carbocycles. The van der Waals surface area contributed by atoms with E-state index in [0.29, 0.717) is 11.5 Å². The van der Waals surface area contributed by atoms with Gasteiger partial charge in [-0.2, -0.15) is 0 Å². The zero-order valence-electron chi connectivity index (χ0n) is 14.0. The molecule has 2 N–H and O–H groups in total. The quantitative estimate of drug-likeness (QED) is 0.907. The fourth-order valence-electron chi connectivity index (χ4n) is 3.38. The average molecular weight is 324 g/mol. The van der Waals surface area contributed by atoms with E-state index in [2.05, 4.69) is 17.6 Å². The second-order valence-electron chi connectivity index (χ2n) is 6.68. The molecule has 0 unspecified atom stereocenters. The van der Waals surface area contributed by atoms with Crippen molar-refractivity contribution in [3.05, 3.63) is 48.0 Å². The van der Waals surface area contributed by atoms with Crippen LogP contribution in [0, 0.1) is 5.92 Å². The van der Waals surface area contributed by atoms with Crippen LogP contribution in [0.1, 0.15) is 43.0 Å². The van der Waals surface area contributed by atoms with Crippen molar-refractivity contribution in [1.29, 1.82) is 0 Å². The van der Waals surface area contributed by atoms with E-state index in [-0.39, 0.29) is 24.4 Å². The lowest BCUT2D eigenvalue weighted by molar-refractivity contribution is -0.121. The number of fused-ring (bicyclic) bond motifs is 1. The lowest BCUT2D eigenvalue weighted by Crippen LogP contribution is -2.45. The molecule has 2 amide bonds. The molecule has 3 rings (SSSR count). The number of rotatable bonds is 4. The zero-order chi connectivity index (χ0) is 16.9. The molecular formula is C20H24N2O2. The Kier molecular flexibility index (Phi) is 5.14. The third-order valence-corrected chi connectivity index (χ3v) is 4.88. The first-order chi connectivity index (χ1) is 11.6. The molecule has 4 nitrogen and oxygen atoms in total. The smallest absolute Gasteiger partial charge is 0.251 e. The summed E-state index contributed by atoms with van der Waals surface area (Å²) < 4.78 is 0. The molecule has 2 aromatic carbocycles. The van der Waals surface area contributed by atoms with Crippen LogP contribution in [0.5, 0.6) is 0 Å². The van der Waals surface area contributed by atoms with E-state index >= 15 is 0 Å². The molecular weight excluding hydrogens is 300 g/mol. The van der Waals surface area contributed by atoms with Crippen LogP contribution in [0.2, 0.25) is 0 Å². The van der Waals surface area contributed by atoms with E-state index in [1.807, 2.05) is 36.4 Å². The monoisotopic (exact) mass is 324 g/mol. The van der Waals surface area contributed by atoms with E-state index in [1.54, 1.807) is 6.07 Å². The maximum Gasteiger partial charge on any atom is 0.251 e. The molecule has 0 saturated heterocycles. The summed E-state index contributed by atoms with van der Waals surface area (Å²) in [5.41, 5.74) is 0.576. The van der Waals surface area contributed by atoms with Crippen molar-refractivity contribution in [2.24, 2.45) is 5.92 Å². The topological polar surface area (TPSA) is 58.2 Å². The van der Waals surface area contributed by atoms with Gasteiger partial charge in [0, 0.05) is 11.6 Å². The Balaban J connectivity index is 1.55. The minimum Gasteiger partial charge on any atom is -0.352 e. The van der Waals surface area contributed by atoms with E-state index < -0.39 is 0 Å². The summed E-state index contributed by atoms with van der Waals surface area (Å²) in [4.78, 5) is 24.3. The molecule has 4 heteroatoms. The van der Waals surface area contributed by atoms with Crippen molar-refractivity contribution >= 4 is 22.6 Å². The van der Waals surface area contributed by atoms with Crippen LogP contribution in [0.15, 0.2) is 42.5 Å². The predicted octanol–water partition coefficient (Wildman–Crippen LogP) is 3.26. The summed E-state index contributed by atoms with van der Waals surface area (Å²) in [6.07, 6.45) is 4.60. The van der Waals surface area contributed by atoms with Crippen LogP contribution in [0.3, 0.4) is 0 Å². The van der Waals surface area contributed by atoms with Gasteiger partial charge in [-0.05, 0) is 41.7 Å². The Bertz CT molecular complexity index is 741. The average Bonchev–Trinajstić information content (AvgIpc) is 2.61. The SMILES string of the molecule is C[C@H]1CCCC[C@H]1NC(=O)CNC(=O)c1ccc2ccccc2c1. The Morgan fingerprint density at radius 3 is 2.58 bits per heavy atom. The molecule has 1 aliphatic carbocycles. The van der Waals surface area contributed by atoms with Crippen molar-refractivity contribution < 1.29 is 9.59 Å². The third-order valence-electron chi connectivity index (χ3n) is 4.88. The van der Waals surface area contributed by atoms with Gasteiger partial charge in [0.05, 0.1) is 6.54 Å². The van der Waals surface area contributed by atoms with Crippen molar-refractivity contribution in [2.75, 3.05) is 6.54 Å². The van der Waals surface area contributed by atoms with E-state index in [0.717, 1.165) is 23.6 Å². The molecule has 0 heterocycles. The van der Waals surface area contributed by atoms with Crippen LogP contribution in [0.25, 0.3) is 10.8 Å². The maximum atomic E-state index is 12.3. The summed E-state index contributed by atoms with van der Waals surface area (Å²) >= 11 is 0. The van der Waals surface area contributed by atoms with Gasteiger partial charge in [0.25, 0.3) is 5.91 Å². The highest BCUT2D eigenvalue weighted by atomic mass is 16.2. The molecule has 0 radical (unpaired) electrons. The van der Waals surface area contributed by atoms with Gasteiger partial charge in [-0.3, -0.25) is 9.59 Å². The zero-order valence-corrected chi connectivity index (χ0v) is 14.0. The van der Waals surface area contributed by atoms with E-state index in [9.17, 15) is 9.59 Å². The fraction of sp³-hybridized carbons (Fsp3) is 0.400. The Morgan fingerprint density at radius 2 is 1.79 bits per heavy atom.